The smallest absolute Gasteiger partial charge is 0.145 e. The SMILES string of the molecule is C=C(C)C=O.CCCCCC1CCC(C2CCC(C(CCCO)CCCO)CC2)CC1. The molecule has 182 valence electrons. The van der Waals surface area contributed by atoms with Crippen LogP contribution in [-0.2, 0) is 4.79 Å². The second-order valence-corrected chi connectivity index (χ2v) is 10.4. The van der Waals surface area contributed by atoms with Gasteiger partial charge in [0.1, 0.15) is 6.29 Å². The number of hydrogen-bond donors (Lipinski definition) is 2. The van der Waals surface area contributed by atoms with Crippen molar-refractivity contribution in [2.24, 2.45) is 29.6 Å². The van der Waals surface area contributed by atoms with E-state index in [1.165, 1.54) is 77.0 Å². The summed E-state index contributed by atoms with van der Waals surface area (Å²) in [5.41, 5.74) is 0.574. The third kappa shape index (κ3) is 12.2. The van der Waals surface area contributed by atoms with Gasteiger partial charge in [0.2, 0.25) is 0 Å². The molecular weight excluding hydrogens is 384 g/mol. The highest BCUT2D eigenvalue weighted by Crippen LogP contribution is 2.44. The summed E-state index contributed by atoms with van der Waals surface area (Å²) in [6, 6.07) is 0. The van der Waals surface area contributed by atoms with Crippen molar-refractivity contribution >= 4 is 6.29 Å². The normalized spacial score (nSPS) is 26.2. The highest BCUT2D eigenvalue weighted by molar-refractivity contribution is 5.70. The first-order chi connectivity index (χ1) is 15.0. The van der Waals surface area contributed by atoms with Gasteiger partial charge < -0.3 is 10.2 Å². The van der Waals surface area contributed by atoms with Gasteiger partial charge in [0.05, 0.1) is 0 Å². The van der Waals surface area contributed by atoms with Crippen molar-refractivity contribution < 1.29 is 15.0 Å². The zero-order valence-corrected chi connectivity index (χ0v) is 20.7. The summed E-state index contributed by atoms with van der Waals surface area (Å²) in [6.07, 6.45) is 22.4. The maximum atomic E-state index is 9.41. The molecule has 0 amide bonds. The number of carbonyl (C=O) groups is 1. The molecule has 0 bridgehead atoms. The summed E-state index contributed by atoms with van der Waals surface area (Å²) >= 11 is 0. The van der Waals surface area contributed by atoms with Crippen molar-refractivity contribution in [2.75, 3.05) is 13.2 Å². The lowest BCUT2D eigenvalue weighted by Gasteiger charge is -2.40. The first-order valence-electron chi connectivity index (χ1n) is 13.4. The summed E-state index contributed by atoms with van der Waals surface area (Å²) in [7, 11) is 0. The van der Waals surface area contributed by atoms with Crippen molar-refractivity contribution in [1.82, 2.24) is 0 Å². The van der Waals surface area contributed by atoms with E-state index in [9.17, 15) is 15.0 Å². The molecule has 31 heavy (non-hydrogen) atoms. The fourth-order valence-electron chi connectivity index (χ4n) is 6.04. The number of rotatable bonds is 13. The van der Waals surface area contributed by atoms with E-state index in [1.54, 1.807) is 6.92 Å². The second kappa shape index (κ2) is 17.8. The van der Waals surface area contributed by atoms with Crippen LogP contribution in [0.2, 0.25) is 0 Å². The first kappa shape index (κ1) is 28.4. The molecule has 0 aromatic carbocycles. The Hall–Kier alpha value is -0.670. The number of unbranched alkanes of at least 4 members (excludes halogenated alkanes) is 2. The molecular formula is C28H52O3. The van der Waals surface area contributed by atoms with E-state index in [2.05, 4.69) is 13.5 Å². The monoisotopic (exact) mass is 436 g/mol. The van der Waals surface area contributed by atoms with Crippen LogP contribution in [0.25, 0.3) is 0 Å². The van der Waals surface area contributed by atoms with Crippen molar-refractivity contribution in [3.05, 3.63) is 12.2 Å². The minimum atomic E-state index is 0.326. The first-order valence-corrected chi connectivity index (χ1v) is 13.4. The largest absolute Gasteiger partial charge is 0.396 e. The third-order valence-corrected chi connectivity index (χ3v) is 7.92. The molecule has 3 heteroatoms. The second-order valence-electron chi connectivity index (χ2n) is 10.4. The predicted octanol–water partition coefficient (Wildman–Crippen LogP) is 7.10. The summed E-state index contributed by atoms with van der Waals surface area (Å²) in [4.78, 5) is 9.41. The maximum Gasteiger partial charge on any atom is 0.145 e. The van der Waals surface area contributed by atoms with E-state index >= 15 is 0 Å². The third-order valence-electron chi connectivity index (χ3n) is 7.92. The predicted molar refractivity (Wildman–Crippen MR) is 132 cm³/mol. The molecule has 2 aliphatic rings. The molecule has 2 aliphatic carbocycles. The van der Waals surface area contributed by atoms with Crippen LogP contribution in [0.4, 0.5) is 0 Å². The zero-order valence-electron chi connectivity index (χ0n) is 20.7. The molecule has 2 saturated carbocycles. The van der Waals surface area contributed by atoms with Crippen molar-refractivity contribution in [3.63, 3.8) is 0 Å². The fraction of sp³-hybridized carbons (Fsp3) is 0.893. The number of hydrogen-bond acceptors (Lipinski definition) is 3. The Morgan fingerprint density at radius 2 is 1.35 bits per heavy atom. The van der Waals surface area contributed by atoms with Crippen molar-refractivity contribution in [3.8, 4) is 0 Å². The van der Waals surface area contributed by atoms with Crippen LogP contribution >= 0.6 is 0 Å². The molecule has 0 radical (unpaired) electrons. The molecule has 0 heterocycles. The van der Waals surface area contributed by atoms with E-state index in [-0.39, 0.29) is 0 Å². The zero-order chi connectivity index (χ0) is 22.9. The minimum Gasteiger partial charge on any atom is -0.396 e. The van der Waals surface area contributed by atoms with Gasteiger partial charge in [-0.3, -0.25) is 4.79 Å². The molecule has 2 fully saturated rings. The molecule has 0 unspecified atom stereocenters. The summed E-state index contributed by atoms with van der Waals surface area (Å²) in [6.45, 7) is 7.93. The van der Waals surface area contributed by atoms with Gasteiger partial charge in [-0.15, -0.1) is 0 Å². The summed E-state index contributed by atoms with van der Waals surface area (Å²) in [5, 5.41) is 18.4. The van der Waals surface area contributed by atoms with Crippen LogP contribution in [0.1, 0.15) is 117 Å². The van der Waals surface area contributed by atoms with E-state index in [0.29, 0.717) is 18.8 Å². The average molecular weight is 437 g/mol. The number of aldehydes is 1. The van der Waals surface area contributed by atoms with Gasteiger partial charge in [-0.25, -0.2) is 0 Å². The van der Waals surface area contributed by atoms with Crippen molar-refractivity contribution in [1.29, 1.82) is 0 Å². The van der Waals surface area contributed by atoms with Crippen molar-refractivity contribution in [2.45, 2.75) is 117 Å². The van der Waals surface area contributed by atoms with Crippen LogP contribution in [-0.4, -0.2) is 29.7 Å². The highest BCUT2D eigenvalue weighted by atomic mass is 16.3. The average Bonchev–Trinajstić information content (AvgIpc) is 2.80. The van der Waals surface area contributed by atoms with Crippen LogP contribution in [0, 0.1) is 29.6 Å². The molecule has 0 atom stereocenters. The van der Waals surface area contributed by atoms with Gasteiger partial charge in [-0.05, 0) is 106 Å². The maximum absolute atomic E-state index is 9.41. The van der Waals surface area contributed by atoms with E-state index < -0.39 is 0 Å². The molecule has 0 aromatic rings. The molecule has 0 aromatic heterocycles. The Balaban J connectivity index is 0.000000861. The summed E-state index contributed by atoms with van der Waals surface area (Å²) in [5.74, 6) is 4.65. The van der Waals surface area contributed by atoms with Gasteiger partial charge in [0.25, 0.3) is 0 Å². The standard InChI is InChI=1S/C24H46O2.C4H6O/c1-2-3-4-7-20-10-12-22(13-11-20)24-16-14-23(15-17-24)21(8-5-18-25)9-6-19-26;1-4(2)3-5/h20-26H,2-19H2,1H3;3H,1H2,2H3. The van der Waals surface area contributed by atoms with E-state index in [1.807, 2.05) is 0 Å². The van der Waals surface area contributed by atoms with Crippen LogP contribution in [0.3, 0.4) is 0 Å². The van der Waals surface area contributed by atoms with Gasteiger partial charge >= 0.3 is 0 Å². The number of aliphatic hydroxyl groups is 2. The van der Waals surface area contributed by atoms with Gasteiger partial charge in [0, 0.05) is 13.2 Å². The lowest BCUT2D eigenvalue weighted by molar-refractivity contribution is -0.104. The molecule has 3 nitrogen and oxygen atoms in total. The Labute approximate surface area is 193 Å². The van der Waals surface area contributed by atoms with Crippen LogP contribution < -0.4 is 0 Å². The molecule has 0 saturated heterocycles. The quantitative estimate of drug-likeness (QED) is 0.184. The molecule has 0 spiro atoms. The number of aliphatic hydroxyl groups excluding tert-OH is 2. The Morgan fingerprint density at radius 3 is 1.77 bits per heavy atom. The highest BCUT2D eigenvalue weighted by Gasteiger charge is 2.32. The summed E-state index contributed by atoms with van der Waals surface area (Å²) < 4.78 is 0. The molecule has 2 N–H and O–H groups in total. The van der Waals surface area contributed by atoms with Gasteiger partial charge in [0.15, 0.2) is 0 Å². The van der Waals surface area contributed by atoms with E-state index in [0.717, 1.165) is 61.6 Å². The van der Waals surface area contributed by atoms with Gasteiger partial charge in [-0.2, -0.15) is 0 Å². The Kier molecular flexibility index (Phi) is 16.3. The number of carbonyl (C=O) groups excluding carboxylic acids is 1. The molecule has 0 aliphatic heterocycles. The lowest BCUT2D eigenvalue weighted by Crippen LogP contribution is -2.28. The topological polar surface area (TPSA) is 57.5 Å². The van der Waals surface area contributed by atoms with Gasteiger partial charge in [-0.1, -0.05) is 52.0 Å². The Bertz CT molecular complexity index is 437. The van der Waals surface area contributed by atoms with E-state index in [4.69, 9.17) is 0 Å². The lowest BCUT2D eigenvalue weighted by atomic mass is 9.66. The number of allylic oxidation sites excluding steroid dienone is 1. The van der Waals surface area contributed by atoms with Crippen LogP contribution in [0.5, 0.6) is 0 Å². The minimum absolute atomic E-state index is 0.326. The Morgan fingerprint density at radius 1 is 0.871 bits per heavy atom. The molecule has 2 rings (SSSR count). The fourth-order valence-corrected chi connectivity index (χ4v) is 6.04. The van der Waals surface area contributed by atoms with Crippen LogP contribution in [0.15, 0.2) is 12.2 Å².